The first kappa shape index (κ1) is 17.7. The van der Waals surface area contributed by atoms with Gasteiger partial charge in [0.1, 0.15) is 0 Å². The predicted molar refractivity (Wildman–Crippen MR) is 97.3 cm³/mol. The Morgan fingerprint density at radius 1 is 1.32 bits per heavy atom. The van der Waals surface area contributed by atoms with E-state index in [4.69, 9.17) is 16.3 Å². The Balaban J connectivity index is 1.63. The second-order valence-electron chi connectivity index (χ2n) is 6.09. The maximum Gasteiger partial charge on any atom is 0.253 e. The molecule has 1 aliphatic carbocycles. The van der Waals surface area contributed by atoms with E-state index >= 15 is 0 Å². The molecule has 1 heterocycles. The monoisotopic (exact) mass is 360 g/mol. The van der Waals surface area contributed by atoms with Crippen LogP contribution in [-0.4, -0.2) is 29.7 Å². The fraction of sp³-hybridized carbons (Fsp3) is 0.368. The summed E-state index contributed by atoms with van der Waals surface area (Å²) in [6.45, 7) is 3.37. The average molecular weight is 361 g/mol. The van der Waals surface area contributed by atoms with Crippen molar-refractivity contribution >= 4 is 17.5 Å². The van der Waals surface area contributed by atoms with Gasteiger partial charge in [-0.15, -0.1) is 0 Å². The minimum Gasteiger partial charge on any atom is -0.380 e. The summed E-state index contributed by atoms with van der Waals surface area (Å²) < 4.78 is 6.77. The van der Waals surface area contributed by atoms with E-state index < -0.39 is 0 Å². The summed E-state index contributed by atoms with van der Waals surface area (Å²) in [5.41, 5.74) is 1.40. The average Bonchev–Trinajstić information content (AvgIpc) is 3.36. The number of benzene rings is 1. The summed E-state index contributed by atoms with van der Waals surface area (Å²) in [5, 5.41) is 3.75. The van der Waals surface area contributed by atoms with E-state index in [1.54, 1.807) is 12.3 Å². The van der Waals surface area contributed by atoms with Gasteiger partial charge in [0.15, 0.2) is 0 Å². The third kappa shape index (κ3) is 4.30. The molecule has 6 heteroatoms. The number of hydrogen-bond donors (Lipinski definition) is 1. The van der Waals surface area contributed by atoms with E-state index in [0.717, 1.165) is 17.0 Å². The van der Waals surface area contributed by atoms with Gasteiger partial charge in [0.2, 0.25) is 0 Å². The number of carbonyl (C=O) groups is 1. The van der Waals surface area contributed by atoms with E-state index in [-0.39, 0.29) is 23.4 Å². The largest absolute Gasteiger partial charge is 0.380 e. The van der Waals surface area contributed by atoms with Crippen molar-refractivity contribution in [2.45, 2.75) is 31.8 Å². The van der Waals surface area contributed by atoms with Crippen molar-refractivity contribution in [3.05, 3.63) is 69.1 Å². The summed E-state index contributed by atoms with van der Waals surface area (Å²) >= 11 is 6.21. The van der Waals surface area contributed by atoms with Crippen molar-refractivity contribution in [2.75, 3.05) is 13.2 Å². The number of halogens is 1. The van der Waals surface area contributed by atoms with Crippen LogP contribution in [0.5, 0.6) is 0 Å². The first-order valence-electron chi connectivity index (χ1n) is 8.43. The van der Waals surface area contributed by atoms with E-state index in [2.05, 4.69) is 5.32 Å². The zero-order valence-electron chi connectivity index (χ0n) is 14.1. The lowest BCUT2D eigenvalue weighted by molar-refractivity contribution is 0.0948. The van der Waals surface area contributed by atoms with Gasteiger partial charge >= 0.3 is 0 Å². The van der Waals surface area contributed by atoms with Crippen LogP contribution in [0.3, 0.4) is 0 Å². The molecule has 2 atom stereocenters. The van der Waals surface area contributed by atoms with Gasteiger partial charge in [0, 0.05) is 42.4 Å². The van der Waals surface area contributed by atoms with Crippen LogP contribution in [0.25, 0.3) is 0 Å². The molecule has 0 bridgehead atoms. The second kappa shape index (κ2) is 7.85. The first-order valence-corrected chi connectivity index (χ1v) is 8.81. The van der Waals surface area contributed by atoms with Crippen LogP contribution in [0.2, 0.25) is 5.02 Å². The zero-order valence-corrected chi connectivity index (χ0v) is 14.8. The zero-order chi connectivity index (χ0) is 17.8. The lowest BCUT2D eigenvalue weighted by Crippen LogP contribution is -2.29. The highest BCUT2D eigenvalue weighted by atomic mass is 35.5. The highest BCUT2D eigenvalue weighted by molar-refractivity contribution is 6.31. The van der Waals surface area contributed by atoms with Crippen molar-refractivity contribution in [1.82, 2.24) is 9.88 Å². The molecule has 0 spiro atoms. The molecule has 1 aromatic heterocycles. The van der Waals surface area contributed by atoms with Crippen molar-refractivity contribution in [3.63, 3.8) is 0 Å². The molecule has 1 aliphatic rings. The van der Waals surface area contributed by atoms with Crippen LogP contribution in [0.4, 0.5) is 0 Å². The molecular formula is C19H21ClN2O3. The van der Waals surface area contributed by atoms with Crippen molar-refractivity contribution in [2.24, 2.45) is 0 Å². The lowest BCUT2D eigenvalue weighted by atomic mass is 10.1. The van der Waals surface area contributed by atoms with Gasteiger partial charge < -0.3 is 14.6 Å². The fourth-order valence-corrected chi connectivity index (χ4v) is 3.15. The SMILES string of the molecule is CCOCCn1cc(C(=O)N[C@@H]2C[C@H]2c2ccccc2Cl)ccc1=O. The number of rotatable bonds is 7. The Kier molecular flexibility index (Phi) is 5.56. The molecule has 0 unspecified atom stereocenters. The summed E-state index contributed by atoms with van der Waals surface area (Å²) in [6, 6.07) is 10.8. The van der Waals surface area contributed by atoms with Crippen molar-refractivity contribution in [1.29, 1.82) is 0 Å². The predicted octanol–water partition coefficient (Wildman–Crippen LogP) is 2.82. The number of nitrogens with one attached hydrogen (secondary N) is 1. The molecule has 1 fully saturated rings. The van der Waals surface area contributed by atoms with E-state index in [0.29, 0.717) is 25.3 Å². The van der Waals surface area contributed by atoms with E-state index in [1.165, 1.54) is 10.6 Å². The molecule has 132 valence electrons. The quantitative estimate of drug-likeness (QED) is 0.772. The number of amides is 1. The van der Waals surface area contributed by atoms with Crippen LogP contribution in [0, 0.1) is 0 Å². The summed E-state index contributed by atoms with van der Waals surface area (Å²) in [6.07, 6.45) is 2.46. The number of aromatic nitrogens is 1. The number of pyridine rings is 1. The van der Waals surface area contributed by atoms with Gasteiger partial charge in [0.05, 0.1) is 12.2 Å². The number of ether oxygens (including phenoxy) is 1. The summed E-state index contributed by atoms with van der Waals surface area (Å²) in [7, 11) is 0. The van der Waals surface area contributed by atoms with Crippen molar-refractivity contribution < 1.29 is 9.53 Å². The number of hydrogen-bond acceptors (Lipinski definition) is 3. The van der Waals surface area contributed by atoms with Gasteiger partial charge in [-0.05, 0) is 31.0 Å². The first-order chi connectivity index (χ1) is 12.1. The summed E-state index contributed by atoms with van der Waals surface area (Å²) in [5.74, 6) is 0.0752. The summed E-state index contributed by atoms with van der Waals surface area (Å²) in [4.78, 5) is 24.3. The molecule has 1 aromatic carbocycles. The molecule has 1 N–H and O–H groups in total. The topological polar surface area (TPSA) is 60.3 Å². The van der Waals surface area contributed by atoms with E-state index in [9.17, 15) is 9.59 Å². The maximum absolute atomic E-state index is 12.5. The van der Waals surface area contributed by atoms with Crippen LogP contribution in [0.1, 0.15) is 35.2 Å². The van der Waals surface area contributed by atoms with Crippen LogP contribution < -0.4 is 10.9 Å². The van der Waals surface area contributed by atoms with Gasteiger partial charge in [0.25, 0.3) is 11.5 Å². The molecule has 25 heavy (non-hydrogen) atoms. The van der Waals surface area contributed by atoms with Gasteiger partial charge in [-0.25, -0.2) is 0 Å². The molecule has 0 saturated heterocycles. The molecule has 1 saturated carbocycles. The van der Waals surface area contributed by atoms with Crippen LogP contribution in [0.15, 0.2) is 47.4 Å². The molecule has 2 aromatic rings. The van der Waals surface area contributed by atoms with E-state index in [1.807, 2.05) is 31.2 Å². The highest BCUT2D eigenvalue weighted by Gasteiger charge is 2.40. The third-order valence-electron chi connectivity index (χ3n) is 4.34. The molecule has 1 amide bonds. The highest BCUT2D eigenvalue weighted by Crippen LogP contribution is 2.43. The number of carbonyl (C=O) groups excluding carboxylic acids is 1. The molecule has 0 radical (unpaired) electrons. The Morgan fingerprint density at radius 3 is 2.88 bits per heavy atom. The van der Waals surface area contributed by atoms with Crippen molar-refractivity contribution in [3.8, 4) is 0 Å². The Labute approximate surface area is 151 Å². The third-order valence-corrected chi connectivity index (χ3v) is 4.68. The lowest BCUT2D eigenvalue weighted by Gasteiger charge is -2.09. The minimum atomic E-state index is -0.176. The smallest absolute Gasteiger partial charge is 0.253 e. The Bertz CT molecular complexity index is 818. The maximum atomic E-state index is 12.5. The minimum absolute atomic E-state index is 0.0798. The van der Waals surface area contributed by atoms with Gasteiger partial charge in [-0.3, -0.25) is 9.59 Å². The molecule has 0 aliphatic heterocycles. The normalized spacial score (nSPS) is 18.8. The molecular weight excluding hydrogens is 340 g/mol. The van der Waals surface area contributed by atoms with Gasteiger partial charge in [-0.1, -0.05) is 29.8 Å². The van der Waals surface area contributed by atoms with Crippen LogP contribution >= 0.6 is 11.6 Å². The molecule has 3 rings (SSSR count). The standard InChI is InChI=1S/C19H21ClN2O3/c1-2-25-10-9-22-12-13(7-8-18(22)23)19(24)21-17-11-15(17)14-5-3-4-6-16(14)20/h3-8,12,15,17H,2,9-11H2,1H3,(H,21,24)/t15-,17+/m0/s1. The molecule has 5 nitrogen and oxygen atoms in total. The second-order valence-corrected chi connectivity index (χ2v) is 6.50. The fourth-order valence-electron chi connectivity index (χ4n) is 2.87. The number of nitrogens with zero attached hydrogens (tertiary/aromatic N) is 1. The van der Waals surface area contributed by atoms with Gasteiger partial charge in [-0.2, -0.15) is 0 Å². The Hall–Kier alpha value is -2.11. The van der Waals surface area contributed by atoms with Crippen LogP contribution in [-0.2, 0) is 11.3 Å². The Morgan fingerprint density at radius 2 is 2.12 bits per heavy atom.